The van der Waals surface area contributed by atoms with Crippen LogP contribution in [0.5, 0.6) is 0 Å². The zero-order chi connectivity index (χ0) is 28.5. The third-order valence-electron chi connectivity index (χ3n) is 6.80. The molecule has 0 saturated carbocycles. The van der Waals surface area contributed by atoms with E-state index in [2.05, 4.69) is 22.9 Å². The average molecular weight is 539 g/mol. The fourth-order valence-corrected chi connectivity index (χ4v) is 4.53. The second-order valence-corrected chi connectivity index (χ2v) is 10.5. The van der Waals surface area contributed by atoms with Gasteiger partial charge in [0, 0.05) is 20.0 Å². The summed E-state index contributed by atoms with van der Waals surface area (Å²) in [6, 6.07) is -1.91. The van der Waals surface area contributed by atoms with Gasteiger partial charge in [-0.3, -0.25) is 19.2 Å². The Kier molecular flexibility index (Phi) is 16.4. The first-order valence-corrected chi connectivity index (χ1v) is 14.1. The van der Waals surface area contributed by atoms with E-state index in [9.17, 15) is 19.2 Å². The van der Waals surface area contributed by atoms with E-state index in [0.717, 1.165) is 37.2 Å². The van der Waals surface area contributed by atoms with Crippen molar-refractivity contribution in [3.63, 3.8) is 0 Å². The molecule has 1 heterocycles. The minimum atomic E-state index is -1.02. The number of unbranched alkanes of at least 4 members (excludes halogenated alkanes) is 4. The molecule has 4 atom stereocenters. The van der Waals surface area contributed by atoms with Gasteiger partial charge in [0.15, 0.2) is 0 Å². The summed E-state index contributed by atoms with van der Waals surface area (Å²) in [7, 11) is 4.35. The summed E-state index contributed by atoms with van der Waals surface area (Å²) in [4.78, 5) is 57.0. The van der Waals surface area contributed by atoms with E-state index in [4.69, 9.17) is 9.57 Å². The molecule has 10 heteroatoms. The largest absolute Gasteiger partial charge is 0.446 e. The Hall–Kier alpha value is -2.62. The molecule has 2 unspecified atom stereocenters. The molecule has 10 nitrogen and oxygen atoms in total. The maximum Gasteiger partial charge on any atom is 0.408 e. The van der Waals surface area contributed by atoms with Gasteiger partial charge in [0.2, 0.25) is 11.8 Å². The number of nitrogens with one attached hydrogen (secondary N) is 3. The summed E-state index contributed by atoms with van der Waals surface area (Å²) in [5.41, 5.74) is 0. The van der Waals surface area contributed by atoms with Crippen molar-refractivity contribution >= 4 is 23.8 Å². The third-order valence-corrected chi connectivity index (χ3v) is 6.80. The van der Waals surface area contributed by atoms with Crippen LogP contribution in [0.3, 0.4) is 0 Å². The number of amides is 4. The van der Waals surface area contributed by atoms with Crippen molar-refractivity contribution in [1.29, 1.82) is 0 Å². The molecule has 38 heavy (non-hydrogen) atoms. The molecule has 0 fully saturated rings. The maximum atomic E-state index is 13.4. The Balaban J connectivity index is 3.21. The van der Waals surface area contributed by atoms with Crippen molar-refractivity contribution in [2.45, 2.75) is 110 Å². The quantitative estimate of drug-likeness (QED) is 0.208. The van der Waals surface area contributed by atoms with Gasteiger partial charge in [0.05, 0.1) is 7.11 Å². The zero-order valence-electron chi connectivity index (χ0n) is 24.2. The monoisotopic (exact) mass is 538 g/mol. The number of nitrogens with zero attached hydrogens (tertiary/aromatic N) is 1. The Bertz CT molecular complexity index is 772. The standard InChI is InChI=1S/C28H50N4O6/c1-7-8-9-10-13-16-22-17-14-11-12-15-21(25(33)29-4)19-24(27(35)32(5)37-6)30-26(34)23(18-20(2)3)31-28(36)38-22/h11-12,20-24H,7-10,13-19H2,1-6H3,(H,29,33)(H,30,34)(H,31,36)/b12-11+/t21?,22?,23-,24-/m0/s1. The van der Waals surface area contributed by atoms with Crippen LogP contribution in [-0.4, -0.2) is 68.3 Å². The number of likely N-dealkylation sites (N-methyl/N-ethyl adjacent to an activating group) is 1. The van der Waals surface area contributed by atoms with Gasteiger partial charge < -0.3 is 20.7 Å². The number of carbonyl (C=O) groups excluding carboxylic acids is 4. The Labute approximate surface area is 228 Å². The average Bonchev–Trinajstić information content (AvgIpc) is 2.88. The first-order valence-electron chi connectivity index (χ1n) is 14.1. The van der Waals surface area contributed by atoms with Crippen LogP contribution in [0.1, 0.15) is 91.4 Å². The first kappa shape index (κ1) is 33.4. The van der Waals surface area contributed by atoms with Crippen LogP contribution in [-0.2, 0) is 24.0 Å². The number of alkyl carbamates (subject to hydrolysis) is 1. The van der Waals surface area contributed by atoms with Crippen molar-refractivity contribution in [3.8, 4) is 0 Å². The van der Waals surface area contributed by atoms with Crippen LogP contribution in [0.25, 0.3) is 0 Å². The van der Waals surface area contributed by atoms with Gasteiger partial charge in [0.25, 0.3) is 5.91 Å². The van der Waals surface area contributed by atoms with Gasteiger partial charge >= 0.3 is 6.09 Å². The summed E-state index contributed by atoms with van der Waals surface area (Å²) < 4.78 is 5.78. The van der Waals surface area contributed by atoms with Gasteiger partial charge in [-0.25, -0.2) is 9.86 Å². The second-order valence-electron chi connectivity index (χ2n) is 10.5. The molecule has 1 aliphatic rings. The molecule has 0 aromatic rings. The lowest BCUT2D eigenvalue weighted by Crippen LogP contribution is -2.55. The van der Waals surface area contributed by atoms with E-state index in [-0.39, 0.29) is 24.3 Å². The molecule has 0 aromatic carbocycles. The topological polar surface area (TPSA) is 126 Å². The number of hydrogen-bond donors (Lipinski definition) is 3. The summed E-state index contributed by atoms with van der Waals surface area (Å²) in [5.74, 6) is -1.65. The summed E-state index contributed by atoms with van der Waals surface area (Å²) >= 11 is 0. The van der Waals surface area contributed by atoms with E-state index in [1.165, 1.54) is 20.6 Å². The van der Waals surface area contributed by atoms with Crippen molar-refractivity contribution in [1.82, 2.24) is 21.0 Å². The molecule has 4 amide bonds. The lowest BCUT2D eigenvalue weighted by atomic mass is 9.93. The number of hydrogen-bond acceptors (Lipinski definition) is 6. The predicted octanol–water partition coefficient (Wildman–Crippen LogP) is 3.85. The summed E-state index contributed by atoms with van der Waals surface area (Å²) in [5, 5.41) is 9.18. The molecule has 0 spiro atoms. The molecule has 218 valence electrons. The smallest absolute Gasteiger partial charge is 0.408 e. The molecule has 0 aliphatic carbocycles. The molecule has 0 aromatic heterocycles. The fourth-order valence-electron chi connectivity index (χ4n) is 4.53. The van der Waals surface area contributed by atoms with Gasteiger partial charge in [0.1, 0.15) is 18.2 Å². The highest BCUT2D eigenvalue weighted by atomic mass is 16.7. The van der Waals surface area contributed by atoms with Crippen LogP contribution in [0, 0.1) is 11.8 Å². The normalized spacial score (nSPS) is 24.3. The number of rotatable bonds is 11. The van der Waals surface area contributed by atoms with Crippen molar-refractivity contribution in [2.24, 2.45) is 11.8 Å². The number of ether oxygens (including phenoxy) is 1. The highest BCUT2D eigenvalue weighted by molar-refractivity contribution is 5.91. The number of carbonyl (C=O) groups is 4. The highest BCUT2D eigenvalue weighted by Gasteiger charge is 2.33. The van der Waals surface area contributed by atoms with Gasteiger partial charge in [-0.2, -0.15) is 0 Å². The van der Waals surface area contributed by atoms with Crippen LogP contribution < -0.4 is 16.0 Å². The minimum absolute atomic E-state index is 0.0848. The lowest BCUT2D eigenvalue weighted by Gasteiger charge is -2.28. The SMILES string of the molecule is CCCCCCCC1CC/C=C/CC(C(=O)NC)C[C@@H](C(=O)N(C)OC)NC(=O)[C@H](CC(C)C)NC(=O)O1. The van der Waals surface area contributed by atoms with E-state index in [0.29, 0.717) is 25.7 Å². The van der Waals surface area contributed by atoms with E-state index < -0.39 is 35.9 Å². The Morgan fingerprint density at radius 3 is 2.50 bits per heavy atom. The molecule has 0 saturated heterocycles. The van der Waals surface area contributed by atoms with Crippen LogP contribution in [0.2, 0.25) is 0 Å². The maximum absolute atomic E-state index is 13.4. The molecule has 3 N–H and O–H groups in total. The molecular weight excluding hydrogens is 488 g/mol. The van der Waals surface area contributed by atoms with E-state index in [1.54, 1.807) is 7.05 Å². The predicted molar refractivity (Wildman–Crippen MR) is 147 cm³/mol. The van der Waals surface area contributed by atoms with Crippen molar-refractivity contribution in [2.75, 3.05) is 21.2 Å². The van der Waals surface area contributed by atoms with E-state index in [1.807, 2.05) is 26.0 Å². The van der Waals surface area contributed by atoms with Crippen LogP contribution in [0.4, 0.5) is 4.79 Å². The third kappa shape index (κ3) is 12.8. The first-order chi connectivity index (χ1) is 18.1. The van der Waals surface area contributed by atoms with Crippen LogP contribution >= 0.6 is 0 Å². The van der Waals surface area contributed by atoms with Crippen molar-refractivity contribution < 1.29 is 28.8 Å². The molecule has 1 aliphatic heterocycles. The van der Waals surface area contributed by atoms with Crippen molar-refractivity contribution in [3.05, 3.63) is 12.2 Å². The summed E-state index contributed by atoms with van der Waals surface area (Å²) in [6.07, 6.45) is 11.5. The Morgan fingerprint density at radius 1 is 1.16 bits per heavy atom. The van der Waals surface area contributed by atoms with Gasteiger partial charge in [-0.1, -0.05) is 58.6 Å². The zero-order valence-corrected chi connectivity index (χ0v) is 24.2. The Morgan fingerprint density at radius 2 is 1.87 bits per heavy atom. The molecule has 0 radical (unpaired) electrons. The van der Waals surface area contributed by atoms with Crippen LogP contribution in [0.15, 0.2) is 12.2 Å². The fraction of sp³-hybridized carbons (Fsp3) is 0.786. The number of allylic oxidation sites excluding steroid dienone is 2. The molecule has 1 rings (SSSR count). The second kappa shape index (κ2) is 18.6. The minimum Gasteiger partial charge on any atom is -0.446 e. The lowest BCUT2D eigenvalue weighted by molar-refractivity contribution is -0.172. The summed E-state index contributed by atoms with van der Waals surface area (Å²) in [6.45, 7) is 6.07. The van der Waals surface area contributed by atoms with Gasteiger partial charge in [-0.15, -0.1) is 0 Å². The van der Waals surface area contributed by atoms with E-state index >= 15 is 0 Å². The molecular formula is C28H50N4O6. The highest BCUT2D eigenvalue weighted by Crippen LogP contribution is 2.19. The number of cyclic esters (lactones) is 1. The van der Waals surface area contributed by atoms with Gasteiger partial charge in [-0.05, 0) is 50.9 Å². The number of hydroxylamine groups is 2. The molecule has 0 bridgehead atoms.